The number of rotatable bonds is 8. The first-order valence-electron chi connectivity index (χ1n) is 8.71. The summed E-state index contributed by atoms with van der Waals surface area (Å²) >= 11 is 0. The third-order valence-corrected chi connectivity index (χ3v) is 3.87. The Morgan fingerprint density at radius 2 is 1.96 bits per heavy atom. The van der Waals surface area contributed by atoms with Crippen molar-refractivity contribution in [3.05, 3.63) is 65.5 Å². The molecule has 5 nitrogen and oxygen atoms in total. The van der Waals surface area contributed by atoms with Gasteiger partial charge in [0.1, 0.15) is 0 Å². The first kappa shape index (κ1) is 19.7. The van der Waals surface area contributed by atoms with E-state index in [2.05, 4.69) is 15.6 Å². The fraction of sp³-hybridized carbons (Fsp3) is 0.350. The Hall–Kier alpha value is -2.60. The standard InChI is InChI=1S/C20H26FN3O2/c1-3-22-20(23-12-11-18(25)16-7-5-4-6-8-16)24-14-15-9-10-19(26-2)17(21)13-15/h4-10,13,18,25H,3,11-12,14H2,1-2H3,(H2,22,23,24). The van der Waals surface area contributed by atoms with Gasteiger partial charge in [0.15, 0.2) is 17.5 Å². The number of guanidine groups is 1. The first-order valence-corrected chi connectivity index (χ1v) is 8.71. The highest BCUT2D eigenvalue weighted by atomic mass is 19.1. The van der Waals surface area contributed by atoms with E-state index in [-0.39, 0.29) is 5.75 Å². The van der Waals surface area contributed by atoms with Crippen LogP contribution in [0, 0.1) is 5.82 Å². The van der Waals surface area contributed by atoms with Gasteiger partial charge in [0, 0.05) is 13.1 Å². The van der Waals surface area contributed by atoms with Crippen LogP contribution in [0.15, 0.2) is 53.5 Å². The lowest BCUT2D eigenvalue weighted by molar-refractivity contribution is 0.168. The maximum absolute atomic E-state index is 13.7. The molecule has 2 aromatic carbocycles. The van der Waals surface area contributed by atoms with Gasteiger partial charge in [-0.25, -0.2) is 9.38 Å². The van der Waals surface area contributed by atoms with Gasteiger partial charge in [0.25, 0.3) is 0 Å². The molecule has 0 aromatic heterocycles. The normalized spacial score (nSPS) is 12.5. The van der Waals surface area contributed by atoms with Crippen molar-refractivity contribution in [1.29, 1.82) is 0 Å². The molecule has 0 radical (unpaired) electrons. The van der Waals surface area contributed by atoms with Crippen LogP contribution >= 0.6 is 0 Å². The van der Waals surface area contributed by atoms with Crippen LogP contribution in [0.2, 0.25) is 0 Å². The predicted octanol–water partition coefficient (Wildman–Crippen LogP) is 3.01. The Kier molecular flexibility index (Phi) is 7.89. The summed E-state index contributed by atoms with van der Waals surface area (Å²) in [6, 6.07) is 14.4. The van der Waals surface area contributed by atoms with Crippen LogP contribution in [0.3, 0.4) is 0 Å². The molecule has 2 rings (SSSR count). The van der Waals surface area contributed by atoms with Gasteiger partial charge in [0.05, 0.1) is 19.8 Å². The van der Waals surface area contributed by atoms with Crippen molar-refractivity contribution in [2.45, 2.75) is 26.0 Å². The number of halogens is 1. The second-order valence-corrected chi connectivity index (χ2v) is 5.81. The number of hydrogen-bond acceptors (Lipinski definition) is 3. The summed E-state index contributed by atoms with van der Waals surface area (Å²) in [5.41, 5.74) is 1.65. The van der Waals surface area contributed by atoms with E-state index in [9.17, 15) is 9.50 Å². The Labute approximate surface area is 153 Å². The van der Waals surface area contributed by atoms with Crippen molar-refractivity contribution in [1.82, 2.24) is 10.6 Å². The topological polar surface area (TPSA) is 65.9 Å². The van der Waals surface area contributed by atoms with E-state index in [1.54, 1.807) is 12.1 Å². The molecule has 0 fully saturated rings. The molecule has 140 valence electrons. The zero-order chi connectivity index (χ0) is 18.8. The Morgan fingerprint density at radius 3 is 2.62 bits per heavy atom. The zero-order valence-corrected chi connectivity index (χ0v) is 15.2. The molecule has 0 heterocycles. The summed E-state index contributed by atoms with van der Waals surface area (Å²) in [5.74, 6) is 0.450. The van der Waals surface area contributed by atoms with Crippen molar-refractivity contribution in [2.24, 2.45) is 4.99 Å². The highest BCUT2D eigenvalue weighted by Crippen LogP contribution is 2.18. The number of hydrogen-bond donors (Lipinski definition) is 3. The minimum atomic E-state index is -0.526. The van der Waals surface area contributed by atoms with Crippen LogP contribution in [0.5, 0.6) is 5.75 Å². The SMILES string of the molecule is CCNC(=NCc1ccc(OC)c(F)c1)NCCC(O)c1ccccc1. The molecule has 0 saturated carbocycles. The van der Waals surface area contributed by atoms with Gasteiger partial charge in [0.2, 0.25) is 0 Å². The average Bonchev–Trinajstić information content (AvgIpc) is 2.66. The Balaban J connectivity index is 1.89. The number of methoxy groups -OCH3 is 1. The van der Waals surface area contributed by atoms with Crippen LogP contribution in [-0.4, -0.2) is 31.3 Å². The fourth-order valence-electron chi connectivity index (χ4n) is 2.49. The van der Waals surface area contributed by atoms with Gasteiger partial charge in [-0.15, -0.1) is 0 Å². The Morgan fingerprint density at radius 1 is 1.19 bits per heavy atom. The maximum atomic E-state index is 13.7. The van der Waals surface area contributed by atoms with E-state index in [4.69, 9.17) is 4.74 Å². The summed E-state index contributed by atoms with van der Waals surface area (Å²) in [5, 5.41) is 16.5. The molecule has 0 bridgehead atoms. The van der Waals surface area contributed by atoms with Gasteiger partial charge in [-0.3, -0.25) is 0 Å². The summed E-state index contributed by atoms with van der Waals surface area (Å²) in [6.45, 7) is 3.60. The minimum absolute atomic E-state index is 0.220. The molecule has 0 aliphatic heterocycles. The maximum Gasteiger partial charge on any atom is 0.191 e. The van der Waals surface area contributed by atoms with Crippen molar-refractivity contribution < 1.29 is 14.2 Å². The Bertz CT molecular complexity index is 707. The van der Waals surface area contributed by atoms with Gasteiger partial charge < -0.3 is 20.5 Å². The monoisotopic (exact) mass is 359 g/mol. The number of nitrogens with one attached hydrogen (secondary N) is 2. The van der Waals surface area contributed by atoms with Crippen LogP contribution in [0.4, 0.5) is 4.39 Å². The fourth-order valence-corrected chi connectivity index (χ4v) is 2.49. The first-order chi connectivity index (χ1) is 12.6. The number of aliphatic imine (C=N–C) groups is 1. The van der Waals surface area contributed by atoms with Crippen molar-refractivity contribution in [2.75, 3.05) is 20.2 Å². The number of nitrogens with zero attached hydrogens (tertiary/aromatic N) is 1. The number of aliphatic hydroxyl groups excluding tert-OH is 1. The molecule has 1 atom stereocenters. The largest absolute Gasteiger partial charge is 0.494 e. The molecule has 0 amide bonds. The van der Waals surface area contributed by atoms with Crippen molar-refractivity contribution in [3.8, 4) is 5.75 Å². The summed E-state index contributed by atoms with van der Waals surface area (Å²) in [6.07, 6.45) is 0.0354. The van der Waals surface area contributed by atoms with E-state index in [1.807, 2.05) is 37.3 Å². The lowest BCUT2D eigenvalue weighted by Crippen LogP contribution is -2.38. The van der Waals surface area contributed by atoms with Gasteiger partial charge in [-0.2, -0.15) is 0 Å². The second kappa shape index (κ2) is 10.4. The molecule has 3 N–H and O–H groups in total. The molecule has 6 heteroatoms. The van der Waals surface area contributed by atoms with Crippen molar-refractivity contribution in [3.63, 3.8) is 0 Å². The smallest absolute Gasteiger partial charge is 0.191 e. The highest BCUT2D eigenvalue weighted by Gasteiger charge is 2.07. The molecular formula is C20H26FN3O2. The third kappa shape index (κ3) is 6.04. The van der Waals surface area contributed by atoms with E-state index < -0.39 is 11.9 Å². The number of ether oxygens (including phenoxy) is 1. The molecule has 0 saturated heterocycles. The van der Waals surface area contributed by atoms with Crippen molar-refractivity contribution >= 4 is 5.96 Å². The number of benzene rings is 2. The highest BCUT2D eigenvalue weighted by molar-refractivity contribution is 5.79. The molecular weight excluding hydrogens is 333 g/mol. The lowest BCUT2D eigenvalue weighted by Gasteiger charge is -2.14. The molecule has 0 spiro atoms. The van der Waals surface area contributed by atoms with E-state index >= 15 is 0 Å². The summed E-state index contributed by atoms with van der Waals surface area (Å²) < 4.78 is 18.7. The van der Waals surface area contributed by atoms with Crippen LogP contribution in [0.25, 0.3) is 0 Å². The molecule has 0 aliphatic rings. The van der Waals surface area contributed by atoms with E-state index in [0.717, 1.165) is 11.1 Å². The van der Waals surface area contributed by atoms with E-state index in [0.29, 0.717) is 32.0 Å². The molecule has 0 aliphatic carbocycles. The lowest BCUT2D eigenvalue weighted by atomic mass is 10.1. The second-order valence-electron chi connectivity index (χ2n) is 5.81. The molecule has 26 heavy (non-hydrogen) atoms. The quantitative estimate of drug-likeness (QED) is 0.501. The predicted molar refractivity (Wildman–Crippen MR) is 102 cm³/mol. The van der Waals surface area contributed by atoms with Crippen LogP contribution in [0.1, 0.15) is 30.6 Å². The van der Waals surface area contributed by atoms with E-state index in [1.165, 1.54) is 13.2 Å². The minimum Gasteiger partial charge on any atom is -0.494 e. The van der Waals surface area contributed by atoms with Gasteiger partial charge >= 0.3 is 0 Å². The van der Waals surface area contributed by atoms with Crippen LogP contribution < -0.4 is 15.4 Å². The zero-order valence-electron chi connectivity index (χ0n) is 15.2. The van der Waals surface area contributed by atoms with Crippen LogP contribution in [-0.2, 0) is 6.54 Å². The van der Waals surface area contributed by atoms with Gasteiger partial charge in [-0.05, 0) is 36.6 Å². The average molecular weight is 359 g/mol. The molecule has 2 aromatic rings. The summed E-state index contributed by atoms with van der Waals surface area (Å²) in [7, 11) is 1.44. The van der Waals surface area contributed by atoms with Gasteiger partial charge in [-0.1, -0.05) is 36.4 Å². The summed E-state index contributed by atoms with van der Waals surface area (Å²) in [4.78, 5) is 4.46. The number of aliphatic hydroxyl groups is 1. The third-order valence-electron chi connectivity index (χ3n) is 3.87. The molecule has 1 unspecified atom stereocenters.